The van der Waals surface area contributed by atoms with E-state index in [9.17, 15) is 9.59 Å². The molecule has 2 amide bonds. The van der Waals surface area contributed by atoms with E-state index < -0.39 is 0 Å². The summed E-state index contributed by atoms with van der Waals surface area (Å²) in [6.45, 7) is 4.09. The second kappa shape index (κ2) is 7.93. The van der Waals surface area contributed by atoms with E-state index >= 15 is 0 Å². The van der Waals surface area contributed by atoms with Crippen LogP contribution >= 0.6 is 0 Å². The number of hydrogen-bond donors (Lipinski definition) is 3. The van der Waals surface area contributed by atoms with Gasteiger partial charge in [0.1, 0.15) is 5.69 Å². The van der Waals surface area contributed by atoms with Gasteiger partial charge in [-0.2, -0.15) is 0 Å². The van der Waals surface area contributed by atoms with Crippen molar-refractivity contribution in [3.63, 3.8) is 0 Å². The maximum atomic E-state index is 11.9. The van der Waals surface area contributed by atoms with E-state index in [4.69, 9.17) is 0 Å². The number of carbonyl (C=O) groups is 2. The molecule has 1 aromatic carbocycles. The third kappa shape index (κ3) is 5.10. The lowest BCUT2D eigenvalue weighted by molar-refractivity contribution is -0.114. The maximum Gasteiger partial charge on any atom is 0.269 e. The number of nitrogens with one attached hydrogen (secondary N) is 3. The van der Waals surface area contributed by atoms with Gasteiger partial charge in [-0.05, 0) is 42.8 Å². The molecule has 2 rings (SSSR count). The molecule has 6 heteroatoms. The minimum atomic E-state index is -0.184. The van der Waals surface area contributed by atoms with Gasteiger partial charge in [-0.1, -0.05) is 6.92 Å². The van der Waals surface area contributed by atoms with Gasteiger partial charge in [-0.15, -0.1) is 0 Å². The highest BCUT2D eigenvalue weighted by atomic mass is 16.2. The Kier molecular flexibility index (Phi) is 5.68. The summed E-state index contributed by atoms with van der Waals surface area (Å²) in [5, 5.41) is 8.71. The molecule has 0 radical (unpaired) electrons. The standard InChI is InChI=1S/C17H20N4O2/c1-3-9-19-17(23)16-11-15(8-10-18-16)21-14-6-4-13(5-7-14)20-12(2)22/h4-8,10-11H,3,9H2,1-2H3,(H,18,21)(H,19,23)(H,20,22). The normalized spacial score (nSPS) is 10.0. The molecule has 0 atom stereocenters. The number of carbonyl (C=O) groups excluding carboxylic acids is 2. The lowest BCUT2D eigenvalue weighted by Crippen LogP contribution is -2.24. The molecule has 120 valence electrons. The molecule has 0 bridgehead atoms. The van der Waals surface area contributed by atoms with Crippen molar-refractivity contribution in [2.75, 3.05) is 17.2 Å². The van der Waals surface area contributed by atoms with E-state index in [-0.39, 0.29) is 11.8 Å². The van der Waals surface area contributed by atoms with Crippen molar-refractivity contribution in [3.05, 3.63) is 48.3 Å². The van der Waals surface area contributed by atoms with Gasteiger partial charge in [-0.3, -0.25) is 14.6 Å². The van der Waals surface area contributed by atoms with Crippen molar-refractivity contribution >= 4 is 28.9 Å². The fourth-order valence-corrected chi connectivity index (χ4v) is 1.97. The molecule has 0 unspecified atom stereocenters. The van der Waals surface area contributed by atoms with E-state index in [1.165, 1.54) is 6.92 Å². The second-order valence-corrected chi connectivity index (χ2v) is 5.07. The molecule has 2 aromatic rings. The Labute approximate surface area is 135 Å². The molecule has 6 nitrogen and oxygen atoms in total. The van der Waals surface area contributed by atoms with Gasteiger partial charge in [0.05, 0.1) is 0 Å². The predicted molar refractivity (Wildman–Crippen MR) is 90.9 cm³/mol. The lowest BCUT2D eigenvalue weighted by atomic mass is 10.2. The van der Waals surface area contributed by atoms with Gasteiger partial charge in [-0.25, -0.2) is 0 Å². The third-order valence-electron chi connectivity index (χ3n) is 3.02. The van der Waals surface area contributed by atoms with Crippen molar-refractivity contribution < 1.29 is 9.59 Å². The van der Waals surface area contributed by atoms with Crippen LogP contribution in [0.2, 0.25) is 0 Å². The SMILES string of the molecule is CCCNC(=O)c1cc(Nc2ccc(NC(C)=O)cc2)ccn1. The Morgan fingerprint density at radius 3 is 2.39 bits per heavy atom. The number of anilines is 3. The number of nitrogens with zero attached hydrogens (tertiary/aromatic N) is 1. The Balaban J connectivity index is 2.05. The fraction of sp³-hybridized carbons (Fsp3) is 0.235. The molecule has 3 N–H and O–H groups in total. The number of pyridine rings is 1. The number of hydrogen-bond acceptors (Lipinski definition) is 4. The van der Waals surface area contributed by atoms with Crippen LogP contribution in [0, 0.1) is 0 Å². The van der Waals surface area contributed by atoms with Gasteiger partial charge >= 0.3 is 0 Å². The van der Waals surface area contributed by atoms with Crippen LogP contribution in [0.3, 0.4) is 0 Å². The number of aromatic nitrogens is 1. The minimum Gasteiger partial charge on any atom is -0.355 e. The summed E-state index contributed by atoms with van der Waals surface area (Å²) >= 11 is 0. The topological polar surface area (TPSA) is 83.1 Å². The first-order valence-corrected chi connectivity index (χ1v) is 7.47. The molecule has 1 heterocycles. The van der Waals surface area contributed by atoms with Crippen LogP contribution in [0.5, 0.6) is 0 Å². The molecule has 0 aliphatic carbocycles. The van der Waals surface area contributed by atoms with Gasteiger partial charge < -0.3 is 16.0 Å². The highest BCUT2D eigenvalue weighted by molar-refractivity contribution is 5.93. The van der Waals surface area contributed by atoms with Crippen LogP contribution in [0.1, 0.15) is 30.8 Å². The zero-order valence-electron chi connectivity index (χ0n) is 13.2. The maximum absolute atomic E-state index is 11.9. The minimum absolute atomic E-state index is 0.109. The van der Waals surface area contributed by atoms with Crippen molar-refractivity contribution in [1.82, 2.24) is 10.3 Å². The van der Waals surface area contributed by atoms with E-state index in [0.29, 0.717) is 12.2 Å². The Morgan fingerprint density at radius 2 is 1.74 bits per heavy atom. The molecular formula is C17H20N4O2. The first-order chi connectivity index (χ1) is 11.1. The molecule has 1 aromatic heterocycles. The van der Waals surface area contributed by atoms with E-state index in [2.05, 4.69) is 20.9 Å². The van der Waals surface area contributed by atoms with Gasteiger partial charge in [0.15, 0.2) is 0 Å². The summed E-state index contributed by atoms with van der Waals surface area (Å²) in [4.78, 5) is 27.0. The van der Waals surface area contributed by atoms with Crippen LogP contribution in [0.15, 0.2) is 42.6 Å². The Bertz CT molecular complexity index is 683. The molecule has 0 saturated heterocycles. The summed E-state index contributed by atoms with van der Waals surface area (Å²) in [6.07, 6.45) is 2.47. The highest BCUT2D eigenvalue weighted by Crippen LogP contribution is 2.19. The van der Waals surface area contributed by atoms with Crippen LogP contribution in [0.4, 0.5) is 17.1 Å². The second-order valence-electron chi connectivity index (χ2n) is 5.07. The molecular weight excluding hydrogens is 292 g/mol. The Morgan fingerprint density at radius 1 is 1.04 bits per heavy atom. The average molecular weight is 312 g/mol. The smallest absolute Gasteiger partial charge is 0.269 e. The van der Waals surface area contributed by atoms with Gasteiger partial charge in [0, 0.05) is 36.7 Å². The lowest BCUT2D eigenvalue weighted by Gasteiger charge is -2.09. The van der Waals surface area contributed by atoms with Crippen molar-refractivity contribution in [2.24, 2.45) is 0 Å². The van der Waals surface area contributed by atoms with E-state index in [1.54, 1.807) is 30.5 Å². The number of rotatable bonds is 6. The first-order valence-electron chi connectivity index (χ1n) is 7.47. The predicted octanol–water partition coefficient (Wildman–Crippen LogP) is 2.92. The van der Waals surface area contributed by atoms with E-state index in [1.807, 2.05) is 19.1 Å². The summed E-state index contributed by atoms with van der Waals surface area (Å²) in [7, 11) is 0. The largest absolute Gasteiger partial charge is 0.355 e. The molecule has 23 heavy (non-hydrogen) atoms. The molecule has 0 saturated carbocycles. The van der Waals surface area contributed by atoms with Gasteiger partial charge in [0.25, 0.3) is 5.91 Å². The highest BCUT2D eigenvalue weighted by Gasteiger charge is 2.07. The summed E-state index contributed by atoms with van der Waals surface area (Å²) in [5.41, 5.74) is 2.73. The third-order valence-corrected chi connectivity index (χ3v) is 3.02. The van der Waals surface area contributed by atoms with Crippen molar-refractivity contribution in [2.45, 2.75) is 20.3 Å². The number of amides is 2. The molecule has 0 aliphatic rings. The van der Waals surface area contributed by atoms with Crippen LogP contribution < -0.4 is 16.0 Å². The summed E-state index contributed by atoms with van der Waals surface area (Å²) < 4.78 is 0. The van der Waals surface area contributed by atoms with Crippen molar-refractivity contribution in [1.29, 1.82) is 0 Å². The Hall–Kier alpha value is -2.89. The molecule has 0 fully saturated rings. The molecule has 0 aliphatic heterocycles. The number of benzene rings is 1. The van der Waals surface area contributed by atoms with Gasteiger partial charge in [0.2, 0.25) is 5.91 Å². The summed E-state index contributed by atoms with van der Waals surface area (Å²) in [6, 6.07) is 10.8. The molecule has 0 spiro atoms. The van der Waals surface area contributed by atoms with Crippen LogP contribution in [-0.4, -0.2) is 23.3 Å². The zero-order valence-corrected chi connectivity index (χ0v) is 13.2. The zero-order chi connectivity index (χ0) is 16.7. The first kappa shape index (κ1) is 16.5. The quantitative estimate of drug-likeness (QED) is 0.766. The van der Waals surface area contributed by atoms with E-state index in [0.717, 1.165) is 23.5 Å². The summed E-state index contributed by atoms with van der Waals surface area (Å²) in [5.74, 6) is -0.293. The average Bonchev–Trinajstić information content (AvgIpc) is 2.54. The monoisotopic (exact) mass is 312 g/mol. The van der Waals surface area contributed by atoms with Crippen LogP contribution in [0.25, 0.3) is 0 Å². The van der Waals surface area contributed by atoms with Crippen LogP contribution in [-0.2, 0) is 4.79 Å². The van der Waals surface area contributed by atoms with Crippen molar-refractivity contribution in [3.8, 4) is 0 Å². The fourth-order valence-electron chi connectivity index (χ4n) is 1.97.